The SMILES string of the molecule is CCc1nc(CC)nc(-c2ccc([N+](=O)[O-])cc2)n1. The monoisotopic (exact) mass is 258 g/mol. The summed E-state index contributed by atoms with van der Waals surface area (Å²) in [7, 11) is 0. The highest BCUT2D eigenvalue weighted by molar-refractivity contribution is 5.57. The van der Waals surface area contributed by atoms with Crippen LogP contribution in [0.3, 0.4) is 0 Å². The normalized spacial score (nSPS) is 10.4. The van der Waals surface area contributed by atoms with Crippen molar-refractivity contribution in [3.63, 3.8) is 0 Å². The molecule has 0 radical (unpaired) electrons. The van der Waals surface area contributed by atoms with Crippen LogP contribution in [0, 0.1) is 10.1 Å². The lowest BCUT2D eigenvalue weighted by atomic mass is 10.2. The molecule has 0 aliphatic carbocycles. The van der Waals surface area contributed by atoms with Crippen LogP contribution in [-0.4, -0.2) is 19.9 Å². The minimum absolute atomic E-state index is 0.0595. The molecule has 6 heteroatoms. The third-order valence-corrected chi connectivity index (χ3v) is 2.70. The fraction of sp³-hybridized carbons (Fsp3) is 0.308. The average Bonchev–Trinajstić information content (AvgIpc) is 2.46. The van der Waals surface area contributed by atoms with E-state index in [1.54, 1.807) is 12.1 Å². The average molecular weight is 258 g/mol. The molecule has 0 saturated carbocycles. The molecule has 1 aromatic heterocycles. The summed E-state index contributed by atoms with van der Waals surface area (Å²) in [4.78, 5) is 23.2. The standard InChI is InChI=1S/C13H14N4O2/c1-3-11-14-12(4-2)16-13(15-11)9-5-7-10(8-6-9)17(18)19/h5-8H,3-4H2,1-2H3. The van der Waals surface area contributed by atoms with Crippen molar-refractivity contribution in [2.75, 3.05) is 0 Å². The molecule has 1 heterocycles. The van der Waals surface area contributed by atoms with Crippen LogP contribution in [0.5, 0.6) is 0 Å². The molecule has 1 aromatic carbocycles. The van der Waals surface area contributed by atoms with Crippen LogP contribution in [0.15, 0.2) is 24.3 Å². The Kier molecular flexibility index (Phi) is 3.79. The number of hydrogen-bond donors (Lipinski definition) is 0. The number of aryl methyl sites for hydroxylation is 2. The van der Waals surface area contributed by atoms with E-state index in [9.17, 15) is 10.1 Å². The van der Waals surface area contributed by atoms with Gasteiger partial charge in [0.1, 0.15) is 11.6 Å². The van der Waals surface area contributed by atoms with Gasteiger partial charge in [-0.25, -0.2) is 15.0 Å². The van der Waals surface area contributed by atoms with Crippen molar-refractivity contribution in [1.82, 2.24) is 15.0 Å². The molecule has 0 atom stereocenters. The first-order chi connectivity index (χ1) is 9.13. The number of nitro groups is 1. The number of non-ortho nitro benzene ring substituents is 1. The molecule has 6 nitrogen and oxygen atoms in total. The molecule has 2 aromatic rings. The minimum Gasteiger partial charge on any atom is -0.258 e. The number of aromatic nitrogens is 3. The fourth-order valence-corrected chi connectivity index (χ4v) is 1.65. The van der Waals surface area contributed by atoms with Crippen molar-refractivity contribution in [2.24, 2.45) is 0 Å². The van der Waals surface area contributed by atoms with Gasteiger partial charge in [0.2, 0.25) is 0 Å². The van der Waals surface area contributed by atoms with E-state index in [-0.39, 0.29) is 5.69 Å². The van der Waals surface area contributed by atoms with Crippen LogP contribution in [0.2, 0.25) is 0 Å². The highest BCUT2D eigenvalue weighted by Gasteiger charge is 2.09. The molecule has 0 fully saturated rings. The van der Waals surface area contributed by atoms with Crippen LogP contribution in [0.4, 0.5) is 5.69 Å². The van der Waals surface area contributed by atoms with E-state index in [0.29, 0.717) is 5.82 Å². The summed E-state index contributed by atoms with van der Waals surface area (Å²) in [5, 5.41) is 10.6. The molecule has 0 bridgehead atoms. The van der Waals surface area contributed by atoms with Gasteiger partial charge in [-0.1, -0.05) is 13.8 Å². The topological polar surface area (TPSA) is 81.8 Å². The maximum atomic E-state index is 10.6. The van der Waals surface area contributed by atoms with E-state index in [4.69, 9.17) is 0 Å². The Morgan fingerprint density at radius 1 is 1.00 bits per heavy atom. The maximum absolute atomic E-state index is 10.6. The molecule has 98 valence electrons. The van der Waals surface area contributed by atoms with Crippen molar-refractivity contribution in [3.05, 3.63) is 46.0 Å². The number of benzene rings is 1. The van der Waals surface area contributed by atoms with Crippen molar-refractivity contribution >= 4 is 5.69 Å². The molecule has 0 saturated heterocycles. The molecule has 2 rings (SSSR count). The van der Waals surface area contributed by atoms with E-state index < -0.39 is 4.92 Å². The Morgan fingerprint density at radius 2 is 1.53 bits per heavy atom. The number of nitro benzene ring substituents is 1. The second-order valence-electron chi connectivity index (χ2n) is 4.00. The van der Waals surface area contributed by atoms with Gasteiger partial charge >= 0.3 is 0 Å². The van der Waals surface area contributed by atoms with Crippen LogP contribution in [0.1, 0.15) is 25.5 Å². The van der Waals surface area contributed by atoms with Crippen molar-refractivity contribution in [3.8, 4) is 11.4 Å². The van der Waals surface area contributed by atoms with Gasteiger partial charge < -0.3 is 0 Å². The molecular formula is C13H14N4O2. The molecule has 0 unspecified atom stereocenters. The predicted octanol–water partition coefficient (Wildman–Crippen LogP) is 2.57. The van der Waals surface area contributed by atoms with Crippen LogP contribution in [0.25, 0.3) is 11.4 Å². The van der Waals surface area contributed by atoms with Crippen LogP contribution < -0.4 is 0 Å². The van der Waals surface area contributed by atoms with Crippen molar-refractivity contribution in [2.45, 2.75) is 26.7 Å². The summed E-state index contributed by atoms with van der Waals surface area (Å²) in [6.45, 7) is 3.96. The van der Waals surface area contributed by atoms with Gasteiger partial charge in [-0.15, -0.1) is 0 Å². The quantitative estimate of drug-likeness (QED) is 0.621. The van der Waals surface area contributed by atoms with E-state index in [2.05, 4.69) is 15.0 Å². The zero-order valence-corrected chi connectivity index (χ0v) is 10.8. The predicted molar refractivity (Wildman–Crippen MR) is 70.7 cm³/mol. The van der Waals surface area contributed by atoms with E-state index >= 15 is 0 Å². The summed E-state index contributed by atoms with van der Waals surface area (Å²) in [5.41, 5.74) is 0.821. The molecule has 0 N–H and O–H groups in total. The number of rotatable bonds is 4. The first-order valence-corrected chi connectivity index (χ1v) is 6.12. The Hall–Kier alpha value is -2.37. The Labute approximate surface area is 110 Å². The van der Waals surface area contributed by atoms with Crippen LogP contribution >= 0.6 is 0 Å². The molecule has 0 spiro atoms. The van der Waals surface area contributed by atoms with Gasteiger partial charge in [0.25, 0.3) is 5.69 Å². The minimum atomic E-state index is -0.424. The second kappa shape index (κ2) is 5.51. The third-order valence-electron chi connectivity index (χ3n) is 2.70. The summed E-state index contributed by atoms with van der Waals surface area (Å²) in [5.74, 6) is 2.04. The summed E-state index contributed by atoms with van der Waals surface area (Å²) in [6, 6.07) is 6.23. The molecule has 0 amide bonds. The van der Waals surface area contributed by atoms with Crippen LogP contribution in [-0.2, 0) is 12.8 Å². The van der Waals surface area contributed by atoms with Gasteiger partial charge in [-0.2, -0.15) is 0 Å². The van der Waals surface area contributed by atoms with E-state index in [1.807, 2.05) is 13.8 Å². The fourth-order valence-electron chi connectivity index (χ4n) is 1.65. The number of nitrogens with zero attached hydrogens (tertiary/aromatic N) is 4. The first kappa shape index (κ1) is 13.1. The zero-order chi connectivity index (χ0) is 13.8. The first-order valence-electron chi connectivity index (χ1n) is 6.12. The van der Waals surface area contributed by atoms with Crippen molar-refractivity contribution < 1.29 is 4.92 Å². The van der Waals surface area contributed by atoms with Gasteiger partial charge in [-0.3, -0.25) is 10.1 Å². The lowest BCUT2D eigenvalue weighted by Crippen LogP contribution is -2.03. The van der Waals surface area contributed by atoms with E-state index in [0.717, 1.165) is 30.1 Å². The Balaban J connectivity index is 2.42. The molecule has 0 aliphatic rings. The lowest BCUT2D eigenvalue weighted by molar-refractivity contribution is -0.384. The summed E-state index contributed by atoms with van der Waals surface area (Å²) < 4.78 is 0. The third kappa shape index (κ3) is 2.90. The van der Waals surface area contributed by atoms with E-state index in [1.165, 1.54) is 12.1 Å². The highest BCUT2D eigenvalue weighted by Crippen LogP contribution is 2.19. The summed E-state index contributed by atoms with van der Waals surface area (Å²) in [6.07, 6.45) is 1.46. The molecule has 19 heavy (non-hydrogen) atoms. The summed E-state index contributed by atoms with van der Waals surface area (Å²) >= 11 is 0. The van der Waals surface area contributed by atoms with Gasteiger partial charge in [0, 0.05) is 30.5 Å². The zero-order valence-electron chi connectivity index (χ0n) is 10.8. The largest absolute Gasteiger partial charge is 0.269 e. The lowest BCUT2D eigenvalue weighted by Gasteiger charge is -2.04. The maximum Gasteiger partial charge on any atom is 0.269 e. The number of hydrogen-bond acceptors (Lipinski definition) is 5. The smallest absolute Gasteiger partial charge is 0.258 e. The molecule has 0 aliphatic heterocycles. The van der Waals surface area contributed by atoms with Crippen molar-refractivity contribution in [1.29, 1.82) is 0 Å². The van der Waals surface area contributed by atoms with Gasteiger partial charge in [-0.05, 0) is 12.1 Å². The highest BCUT2D eigenvalue weighted by atomic mass is 16.6. The van der Waals surface area contributed by atoms with Gasteiger partial charge in [0.15, 0.2) is 5.82 Å². The Bertz CT molecular complexity index is 574. The molecular weight excluding hydrogens is 244 g/mol. The second-order valence-corrected chi connectivity index (χ2v) is 4.00. The van der Waals surface area contributed by atoms with Gasteiger partial charge in [0.05, 0.1) is 4.92 Å². The Morgan fingerprint density at radius 3 is 1.95 bits per heavy atom.